The second-order valence-corrected chi connectivity index (χ2v) is 9.92. The van der Waals surface area contributed by atoms with E-state index in [9.17, 15) is 18.0 Å². The molecule has 0 atom stereocenters. The summed E-state index contributed by atoms with van der Waals surface area (Å²) < 4.78 is 39.0. The van der Waals surface area contributed by atoms with Gasteiger partial charge in [-0.15, -0.1) is 0 Å². The molecule has 35 heavy (non-hydrogen) atoms. The van der Waals surface area contributed by atoms with E-state index in [4.69, 9.17) is 9.47 Å². The van der Waals surface area contributed by atoms with Crippen LogP contribution in [-0.4, -0.2) is 40.9 Å². The summed E-state index contributed by atoms with van der Waals surface area (Å²) in [5, 5.41) is 2.70. The number of sulfonamides is 1. The lowest BCUT2D eigenvalue weighted by Crippen LogP contribution is -2.38. The molecule has 3 aromatic rings. The molecule has 0 heterocycles. The molecule has 0 aliphatic heterocycles. The smallest absolute Gasteiger partial charge is 0.264 e. The van der Waals surface area contributed by atoms with Crippen LogP contribution in [-0.2, 0) is 14.8 Å². The molecule has 8 nitrogen and oxygen atoms in total. The number of rotatable bonds is 9. The van der Waals surface area contributed by atoms with Gasteiger partial charge in [-0.05, 0) is 80.4 Å². The zero-order valence-corrected chi connectivity index (χ0v) is 21.1. The number of methoxy groups -OCH3 is 2. The van der Waals surface area contributed by atoms with E-state index in [0.29, 0.717) is 22.7 Å². The number of carbonyl (C=O) groups is 2. The van der Waals surface area contributed by atoms with Gasteiger partial charge < -0.3 is 14.8 Å². The van der Waals surface area contributed by atoms with Gasteiger partial charge in [0.05, 0.1) is 24.8 Å². The first-order chi connectivity index (χ1) is 16.5. The molecule has 0 aromatic heterocycles. The van der Waals surface area contributed by atoms with Crippen LogP contribution in [0, 0.1) is 13.8 Å². The number of ether oxygens (including phenoxy) is 2. The van der Waals surface area contributed by atoms with Crippen molar-refractivity contribution in [1.82, 2.24) is 0 Å². The minimum atomic E-state index is -4.16. The van der Waals surface area contributed by atoms with Crippen molar-refractivity contribution < 1.29 is 27.5 Å². The molecule has 0 saturated heterocycles. The Morgan fingerprint density at radius 3 is 2.00 bits per heavy atom. The number of amides is 1. The fraction of sp³-hybridized carbons (Fsp3) is 0.231. The van der Waals surface area contributed by atoms with Crippen molar-refractivity contribution in [2.75, 3.05) is 30.4 Å². The highest BCUT2D eigenvalue weighted by molar-refractivity contribution is 7.92. The Balaban J connectivity index is 1.99. The molecule has 0 unspecified atom stereocenters. The fourth-order valence-electron chi connectivity index (χ4n) is 3.63. The van der Waals surface area contributed by atoms with Gasteiger partial charge in [-0.2, -0.15) is 0 Å². The van der Waals surface area contributed by atoms with Gasteiger partial charge in [0, 0.05) is 17.3 Å². The van der Waals surface area contributed by atoms with Crippen molar-refractivity contribution in [2.24, 2.45) is 0 Å². The zero-order chi connectivity index (χ0) is 25.8. The minimum Gasteiger partial charge on any atom is -0.493 e. The largest absolute Gasteiger partial charge is 0.493 e. The average molecular weight is 497 g/mol. The molecular weight excluding hydrogens is 468 g/mol. The lowest BCUT2D eigenvalue weighted by molar-refractivity contribution is -0.114. The molecular formula is C26H28N2O6S. The molecule has 0 spiro atoms. The first kappa shape index (κ1) is 25.8. The Bertz CT molecular complexity index is 1330. The van der Waals surface area contributed by atoms with E-state index in [-0.39, 0.29) is 16.4 Å². The van der Waals surface area contributed by atoms with Crippen LogP contribution in [0.15, 0.2) is 65.6 Å². The number of carbonyl (C=O) groups excluding carboxylic acids is 2. The predicted molar refractivity (Wildman–Crippen MR) is 135 cm³/mol. The van der Waals surface area contributed by atoms with Crippen molar-refractivity contribution in [2.45, 2.75) is 25.7 Å². The first-order valence-electron chi connectivity index (χ1n) is 10.8. The molecule has 3 aromatic carbocycles. The van der Waals surface area contributed by atoms with E-state index in [1.807, 2.05) is 19.9 Å². The van der Waals surface area contributed by atoms with E-state index in [2.05, 4.69) is 5.32 Å². The predicted octanol–water partition coefficient (Wildman–Crippen LogP) is 4.36. The number of nitrogens with zero attached hydrogens (tertiary/aromatic N) is 1. The van der Waals surface area contributed by atoms with E-state index in [1.54, 1.807) is 36.4 Å². The lowest BCUT2D eigenvalue weighted by Gasteiger charge is -2.25. The van der Waals surface area contributed by atoms with Crippen LogP contribution in [0.3, 0.4) is 0 Å². The summed E-state index contributed by atoms with van der Waals surface area (Å²) in [5.41, 5.74) is 3.03. The summed E-state index contributed by atoms with van der Waals surface area (Å²) in [6.07, 6.45) is 0. The maximum absolute atomic E-state index is 13.7. The molecule has 0 radical (unpaired) electrons. The highest BCUT2D eigenvalue weighted by Crippen LogP contribution is 2.32. The summed E-state index contributed by atoms with van der Waals surface area (Å²) in [7, 11) is -1.28. The third kappa shape index (κ3) is 5.99. The lowest BCUT2D eigenvalue weighted by atomic mass is 10.1. The Morgan fingerprint density at radius 1 is 0.857 bits per heavy atom. The maximum atomic E-state index is 13.7. The van der Waals surface area contributed by atoms with Crippen molar-refractivity contribution in [1.29, 1.82) is 0 Å². The molecule has 1 N–H and O–H groups in total. The molecule has 3 rings (SSSR count). The normalized spacial score (nSPS) is 11.0. The van der Waals surface area contributed by atoms with Gasteiger partial charge in [0.25, 0.3) is 10.0 Å². The summed E-state index contributed by atoms with van der Waals surface area (Å²) in [6.45, 7) is 4.70. The topological polar surface area (TPSA) is 102 Å². The maximum Gasteiger partial charge on any atom is 0.264 e. The number of Topliss-reactive ketones (excluding diaryl/α,β-unsaturated/α-hetero) is 1. The van der Waals surface area contributed by atoms with E-state index in [0.717, 1.165) is 15.4 Å². The molecule has 9 heteroatoms. The zero-order valence-electron chi connectivity index (χ0n) is 20.3. The van der Waals surface area contributed by atoms with E-state index >= 15 is 0 Å². The Hall–Kier alpha value is -3.85. The number of aryl methyl sites for hydroxylation is 2. The van der Waals surface area contributed by atoms with E-state index < -0.39 is 22.5 Å². The fourth-order valence-corrected chi connectivity index (χ4v) is 5.05. The number of benzene rings is 3. The van der Waals surface area contributed by atoms with Crippen LogP contribution in [0.4, 0.5) is 11.4 Å². The van der Waals surface area contributed by atoms with Crippen LogP contribution in [0.5, 0.6) is 11.5 Å². The summed E-state index contributed by atoms with van der Waals surface area (Å²) in [5.74, 6) is 0.00813. The Morgan fingerprint density at radius 2 is 1.46 bits per heavy atom. The number of hydrogen-bond donors (Lipinski definition) is 1. The van der Waals surface area contributed by atoms with Crippen LogP contribution in [0.25, 0.3) is 0 Å². The van der Waals surface area contributed by atoms with Crippen LogP contribution >= 0.6 is 0 Å². The van der Waals surface area contributed by atoms with Crippen molar-refractivity contribution in [3.05, 3.63) is 77.4 Å². The molecule has 0 bridgehead atoms. The van der Waals surface area contributed by atoms with Gasteiger partial charge in [0.1, 0.15) is 6.54 Å². The number of ketones is 1. The third-order valence-corrected chi connectivity index (χ3v) is 7.07. The van der Waals surface area contributed by atoms with Crippen LogP contribution in [0.2, 0.25) is 0 Å². The molecule has 0 aliphatic carbocycles. The monoisotopic (exact) mass is 496 g/mol. The molecule has 0 fully saturated rings. The average Bonchev–Trinajstić information content (AvgIpc) is 2.81. The quantitative estimate of drug-likeness (QED) is 0.442. The minimum absolute atomic E-state index is 0.0482. The van der Waals surface area contributed by atoms with Crippen molar-refractivity contribution in [3.8, 4) is 11.5 Å². The van der Waals surface area contributed by atoms with Gasteiger partial charge in [-0.3, -0.25) is 13.9 Å². The summed E-state index contributed by atoms with van der Waals surface area (Å²) in [6, 6.07) is 16.0. The standard InChI is InChI=1S/C26H28N2O6S/c1-17-12-18(2)14-22(13-17)28(16-26(30)27-21-8-6-20(7-9-21)19(3)29)35(31,32)23-10-11-24(33-4)25(15-23)34-5/h6-15H,16H2,1-5H3,(H,27,30). The second-order valence-electron chi connectivity index (χ2n) is 8.06. The SMILES string of the molecule is COc1ccc(S(=O)(=O)N(CC(=O)Nc2ccc(C(C)=O)cc2)c2cc(C)cc(C)c2)cc1OC. The van der Waals surface area contributed by atoms with Gasteiger partial charge >= 0.3 is 0 Å². The van der Waals surface area contributed by atoms with Crippen molar-refractivity contribution >= 4 is 33.1 Å². The highest BCUT2D eigenvalue weighted by atomic mass is 32.2. The summed E-state index contributed by atoms with van der Waals surface area (Å²) >= 11 is 0. The third-order valence-electron chi connectivity index (χ3n) is 5.30. The first-order valence-corrected chi connectivity index (χ1v) is 12.2. The Labute approximate surface area is 205 Å². The van der Waals surface area contributed by atoms with E-state index in [1.165, 1.54) is 39.3 Å². The van der Waals surface area contributed by atoms with Gasteiger partial charge in [-0.1, -0.05) is 6.07 Å². The van der Waals surface area contributed by atoms with Crippen LogP contribution < -0.4 is 19.1 Å². The summed E-state index contributed by atoms with van der Waals surface area (Å²) in [4.78, 5) is 24.4. The van der Waals surface area contributed by atoms with Crippen molar-refractivity contribution in [3.63, 3.8) is 0 Å². The molecule has 0 saturated carbocycles. The number of nitrogens with one attached hydrogen (secondary N) is 1. The van der Waals surface area contributed by atoms with Crippen LogP contribution in [0.1, 0.15) is 28.4 Å². The molecule has 0 aliphatic rings. The second kappa shape index (κ2) is 10.6. The van der Waals surface area contributed by atoms with Gasteiger partial charge in [0.15, 0.2) is 17.3 Å². The Kier molecular flexibility index (Phi) is 7.81. The number of hydrogen-bond acceptors (Lipinski definition) is 6. The molecule has 1 amide bonds. The number of anilines is 2. The van der Waals surface area contributed by atoms with Gasteiger partial charge in [-0.25, -0.2) is 8.42 Å². The highest BCUT2D eigenvalue weighted by Gasteiger charge is 2.29. The molecule has 184 valence electrons. The van der Waals surface area contributed by atoms with Gasteiger partial charge in [0.2, 0.25) is 5.91 Å².